The fourth-order valence-corrected chi connectivity index (χ4v) is 2.63. The molecule has 0 aliphatic carbocycles. The molecular weight excluding hydrogens is 270 g/mol. The van der Waals surface area contributed by atoms with E-state index in [0.717, 1.165) is 12.8 Å². The van der Waals surface area contributed by atoms with Gasteiger partial charge in [0.1, 0.15) is 5.75 Å². The first-order valence-corrected chi connectivity index (χ1v) is 7.01. The first-order valence-electron chi connectivity index (χ1n) is 7.01. The molecule has 1 aliphatic heterocycles. The summed E-state index contributed by atoms with van der Waals surface area (Å²) < 4.78 is 5.23. The number of amides is 2. The lowest BCUT2D eigenvalue weighted by Gasteiger charge is -2.33. The molecule has 1 heterocycles. The van der Waals surface area contributed by atoms with Gasteiger partial charge in [-0.3, -0.25) is 9.59 Å². The maximum absolute atomic E-state index is 12.6. The summed E-state index contributed by atoms with van der Waals surface area (Å²) in [5, 5.41) is 2.87. The Morgan fingerprint density at radius 2 is 2.19 bits per heavy atom. The number of rotatable bonds is 3. The third-order valence-corrected chi connectivity index (χ3v) is 3.57. The highest BCUT2D eigenvalue weighted by molar-refractivity contribution is 5.98. The summed E-state index contributed by atoms with van der Waals surface area (Å²) >= 11 is 0. The summed E-state index contributed by atoms with van der Waals surface area (Å²) in [7, 11) is 1.53. The standard InChI is InChI=1S/C15H21N3O3/c1-10(19)17-12-4-3-7-18(9-12)15(20)13-8-11(16)5-6-14(13)21-2/h5-6,8,12H,3-4,7,9,16H2,1-2H3,(H,17,19). The van der Waals surface area contributed by atoms with Crippen molar-refractivity contribution < 1.29 is 14.3 Å². The van der Waals surface area contributed by atoms with Crippen LogP contribution in [0.15, 0.2) is 18.2 Å². The molecule has 1 aromatic carbocycles. The number of nitrogens with two attached hydrogens (primary N) is 1. The van der Waals surface area contributed by atoms with Gasteiger partial charge in [-0.15, -0.1) is 0 Å². The van der Waals surface area contributed by atoms with Crippen LogP contribution in [-0.4, -0.2) is 43.0 Å². The van der Waals surface area contributed by atoms with E-state index in [0.29, 0.717) is 30.1 Å². The van der Waals surface area contributed by atoms with E-state index in [2.05, 4.69) is 5.32 Å². The summed E-state index contributed by atoms with van der Waals surface area (Å²) in [4.78, 5) is 25.5. The predicted octanol–water partition coefficient (Wildman–Crippen LogP) is 1.02. The SMILES string of the molecule is COc1ccc(N)cc1C(=O)N1CCCC(NC(C)=O)C1. The van der Waals surface area contributed by atoms with Crippen LogP contribution in [0.3, 0.4) is 0 Å². The lowest BCUT2D eigenvalue weighted by Crippen LogP contribution is -2.49. The molecule has 21 heavy (non-hydrogen) atoms. The number of methoxy groups -OCH3 is 1. The number of carbonyl (C=O) groups is 2. The molecule has 1 unspecified atom stereocenters. The number of benzene rings is 1. The molecule has 0 saturated carbocycles. The third-order valence-electron chi connectivity index (χ3n) is 3.57. The molecule has 2 amide bonds. The Bertz CT molecular complexity index is 545. The van der Waals surface area contributed by atoms with Crippen LogP contribution >= 0.6 is 0 Å². The van der Waals surface area contributed by atoms with Gasteiger partial charge in [0.15, 0.2) is 0 Å². The van der Waals surface area contributed by atoms with E-state index in [9.17, 15) is 9.59 Å². The van der Waals surface area contributed by atoms with E-state index in [-0.39, 0.29) is 17.9 Å². The number of nitrogens with one attached hydrogen (secondary N) is 1. The number of likely N-dealkylation sites (tertiary alicyclic amines) is 1. The Kier molecular flexibility index (Phi) is 4.67. The van der Waals surface area contributed by atoms with E-state index >= 15 is 0 Å². The minimum Gasteiger partial charge on any atom is -0.496 e. The molecular formula is C15H21N3O3. The van der Waals surface area contributed by atoms with Crippen molar-refractivity contribution in [2.24, 2.45) is 0 Å². The molecule has 0 spiro atoms. The van der Waals surface area contributed by atoms with Crippen molar-refractivity contribution in [3.8, 4) is 5.75 Å². The first kappa shape index (κ1) is 15.2. The number of piperidine rings is 1. The van der Waals surface area contributed by atoms with Gasteiger partial charge in [-0.2, -0.15) is 0 Å². The summed E-state index contributed by atoms with van der Waals surface area (Å²) in [6.45, 7) is 2.67. The largest absolute Gasteiger partial charge is 0.496 e. The number of hydrogen-bond acceptors (Lipinski definition) is 4. The highest BCUT2D eigenvalue weighted by Crippen LogP contribution is 2.24. The molecule has 1 aliphatic rings. The average Bonchev–Trinajstić information content (AvgIpc) is 2.46. The molecule has 3 N–H and O–H groups in total. The summed E-state index contributed by atoms with van der Waals surface area (Å²) in [6, 6.07) is 5.03. The van der Waals surface area contributed by atoms with Gasteiger partial charge >= 0.3 is 0 Å². The van der Waals surface area contributed by atoms with Crippen LogP contribution in [0.25, 0.3) is 0 Å². The van der Waals surface area contributed by atoms with Gasteiger partial charge in [0.25, 0.3) is 5.91 Å². The zero-order chi connectivity index (χ0) is 15.4. The third kappa shape index (κ3) is 3.65. The zero-order valence-electron chi connectivity index (χ0n) is 12.4. The normalized spacial score (nSPS) is 18.2. The van der Waals surface area contributed by atoms with Crippen molar-refractivity contribution in [3.63, 3.8) is 0 Å². The minimum absolute atomic E-state index is 0.00672. The van der Waals surface area contributed by atoms with Crippen LogP contribution in [0.5, 0.6) is 5.75 Å². The van der Waals surface area contributed by atoms with Crippen molar-refractivity contribution in [2.45, 2.75) is 25.8 Å². The quantitative estimate of drug-likeness (QED) is 0.814. The van der Waals surface area contributed by atoms with Gasteiger partial charge in [0, 0.05) is 31.7 Å². The van der Waals surface area contributed by atoms with Gasteiger partial charge in [-0.05, 0) is 31.0 Å². The van der Waals surface area contributed by atoms with Crippen molar-refractivity contribution in [1.82, 2.24) is 10.2 Å². The lowest BCUT2D eigenvalue weighted by molar-refractivity contribution is -0.120. The second-order valence-electron chi connectivity index (χ2n) is 5.25. The molecule has 2 rings (SSSR count). The van der Waals surface area contributed by atoms with Gasteiger partial charge in [-0.25, -0.2) is 0 Å². The van der Waals surface area contributed by atoms with Crippen molar-refractivity contribution in [1.29, 1.82) is 0 Å². The Morgan fingerprint density at radius 1 is 1.43 bits per heavy atom. The molecule has 114 valence electrons. The van der Waals surface area contributed by atoms with Gasteiger partial charge in [0.2, 0.25) is 5.91 Å². The molecule has 6 nitrogen and oxygen atoms in total. The lowest BCUT2D eigenvalue weighted by atomic mass is 10.0. The van der Waals surface area contributed by atoms with E-state index < -0.39 is 0 Å². The predicted molar refractivity (Wildman–Crippen MR) is 80.1 cm³/mol. The van der Waals surface area contributed by atoms with Crippen LogP contribution in [0.1, 0.15) is 30.1 Å². The fourth-order valence-electron chi connectivity index (χ4n) is 2.63. The number of ether oxygens (including phenoxy) is 1. The number of anilines is 1. The Labute approximate surface area is 124 Å². The van der Waals surface area contributed by atoms with Crippen LogP contribution in [-0.2, 0) is 4.79 Å². The molecule has 0 radical (unpaired) electrons. The fraction of sp³-hybridized carbons (Fsp3) is 0.467. The zero-order valence-corrected chi connectivity index (χ0v) is 12.4. The van der Waals surface area contributed by atoms with Crippen molar-refractivity contribution in [3.05, 3.63) is 23.8 Å². The van der Waals surface area contributed by atoms with Gasteiger partial charge in [-0.1, -0.05) is 0 Å². The Morgan fingerprint density at radius 3 is 2.86 bits per heavy atom. The number of nitrogen functional groups attached to an aromatic ring is 1. The Hall–Kier alpha value is -2.24. The highest BCUT2D eigenvalue weighted by Gasteiger charge is 2.26. The van der Waals surface area contributed by atoms with Crippen LogP contribution in [0.4, 0.5) is 5.69 Å². The van der Waals surface area contributed by atoms with Crippen LogP contribution in [0.2, 0.25) is 0 Å². The topological polar surface area (TPSA) is 84.7 Å². The molecule has 6 heteroatoms. The molecule has 1 aromatic rings. The second-order valence-corrected chi connectivity index (χ2v) is 5.25. The van der Waals surface area contributed by atoms with Crippen molar-refractivity contribution >= 4 is 17.5 Å². The van der Waals surface area contributed by atoms with E-state index in [1.165, 1.54) is 14.0 Å². The monoisotopic (exact) mass is 291 g/mol. The molecule has 1 fully saturated rings. The molecule has 0 bridgehead atoms. The van der Waals surface area contributed by atoms with Crippen LogP contribution in [0, 0.1) is 0 Å². The van der Waals surface area contributed by atoms with E-state index in [1.54, 1.807) is 23.1 Å². The molecule has 1 atom stereocenters. The maximum Gasteiger partial charge on any atom is 0.257 e. The highest BCUT2D eigenvalue weighted by atomic mass is 16.5. The van der Waals surface area contributed by atoms with E-state index in [4.69, 9.17) is 10.5 Å². The smallest absolute Gasteiger partial charge is 0.257 e. The van der Waals surface area contributed by atoms with Crippen molar-refractivity contribution in [2.75, 3.05) is 25.9 Å². The number of nitrogens with zero attached hydrogens (tertiary/aromatic N) is 1. The molecule has 1 saturated heterocycles. The van der Waals surface area contributed by atoms with Crippen LogP contribution < -0.4 is 15.8 Å². The summed E-state index contributed by atoms with van der Waals surface area (Å²) in [6.07, 6.45) is 1.75. The minimum atomic E-state index is -0.116. The first-order chi connectivity index (χ1) is 10.0. The average molecular weight is 291 g/mol. The van der Waals surface area contributed by atoms with Gasteiger partial charge < -0.3 is 20.7 Å². The summed E-state index contributed by atoms with van der Waals surface area (Å²) in [5.41, 5.74) is 6.74. The molecule has 0 aromatic heterocycles. The number of hydrogen-bond donors (Lipinski definition) is 2. The second kappa shape index (κ2) is 6.47. The number of carbonyl (C=O) groups excluding carboxylic acids is 2. The Balaban J connectivity index is 2.15. The van der Waals surface area contributed by atoms with Gasteiger partial charge in [0.05, 0.1) is 12.7 Å². The van der Waals surface area contributed by atoms with E-state index in [1.807, 2.05) is 0 Å². The maximum atomic E-state index is 12.6. The summed E-state index contributed by atoms with van der Waals surface area (Å²) in [5.74, 6) is 0.320.